The lowest BCUT2D eigenvalue weighted by atomic mass is 10.1. The molecule has 3 heterocycles. The average molecular weight is 342 g/mol. The van der Waals surface area contributed by atoms with Crippen LogP contribution >= 0.6 is 0 Å². The lowest BCUT2D eigenvalue weighted by molar-refractivity contribution is 0.380. The minimum absolute atomic E-state index is 0.283. The Balaban J connectivity index is 1.79. The van der Waals surface area contributed by atoms with E-state index in [1.165, 1.54) is 13.3 Å². The molecular formula is C19H14N6O. The number of methoxy groups -OCH3 is 1. The van der Waals surface area contributed by atoms with Crippen LogP contribution in [0.4, 0.5) is 11.4 Å². The number of nitrogens with zero attached hydrogens (tertiary/aromatic N) is 4. The van der Waals surface area contributed by atoms with Crippen LogP contribution in [0.25, 0.3) is 22.0 Å². The number of nitriles is 1. The first kappa shape index (κ1) is 15.6. The molecule has 1 aromatic carbocycles. The van der Waals surface area contributed by atoms with Crippen molar-refractivity contribution in [3.8, 4) is 23.2 Å². The molecule has 0 radical (unpaired) electrons. The number of ether oxygens (including phenoxy) is 1. The first-order chi connectivity index (χ1) is 12.8. The molecule has 0 saturated carbocycles. The van der Waals surface area contributed by atoms with Crippen LogP contribution in [0.1, 0.15) is 5.56 Å². The maximum Gasteiger partial charge on any atom is 0.316 e. The highest BCUT2D eigenvalue weighted by Crippen LogP contribution is 2.32. The zero-order valence-electron chi connectivity index (χ0n) is 13.9. The maximum absolute atomic E-state index is 9.50. The first-order valence-electron chi connectivity index (χ1n) is 7.87. The van der Waals surface area contributed by atoms with Crippen LogP contribution in [-0.4, -0.2) is 27.0 Å². The molecule has 0 unspecified atom stereocenters. The van der Waals surface area contributed by atoms with E-state index in [0.29, 0.717) is 11.3 Å². The molecule has 3 aromatic heterocycles. The summed E-state index contributed by atoms with van der Waals surface area (Å²) in [7, 11) is 1.51. The quantitative estimate of drug-likeness (QED) is 0.587. The van der Waals surface area contributed by atoms with Gasteiger partial charge in [0.2, 0.25) is 0 Å². The average Bonchev–Trinajstić information content (AvgIpc) is 3.16. The highest BCUT2D eigenvalue weighted by molar-refractivity contribution is 5.88. The lowest BCUT2D eigenvalue weighted by Crippen LogP contribution is -1.99. The predicted octanol–water partition coefficient (Wildman–Crippen LogP) is 3.64. The topological polar surface area (TPSA) is 99.5 Å². The molecule has 0 amide bonds. The van der Waals surface area contributed by atoms with E-state index in [4.69, 9.17) is 4.74 Å². The van der Waals surface area contributed by atoms with Crippen LogP contribution in [0.5, 0.6) is 6.01 Å². The normalized spacial score (nSPS) is 10.5. The van der Waals surface area contributed by atoms with Gasteiger partial charge in [0.15, 0.2) is 0 Å². The number of pyridine rings is 1. The number of nitrogens with one attached hydrogen (secondary N) is 2. The maximum atomic E-state index is 9.50. The molecule has 4 aromatic rings. The Kier molecular flexibility index (Phi) is 3.92. The summed E-state index contributed by atoms with van der Waals surface area (Å²) >= 11 is 0. The molecule has 7 nitrogen and oxygen atoms in total. The molecule has 7 heteroatoms. The van der Waals surface area contributed by atoms with E-state index < -0.39 is 0 Å². The van der Waals surface area contributed by atoms with Crippen molar-refractivity contribution in [3.05, 3.63) is 60.8 Å². The summed E-state index contributed by atoms with van der Waals surface area (Å²) in [6.07, 6.45) is 8.39. The van der Waals surface area contributed by atoms with Crippen molar-refractivity contribution >= 4 is 22.3 Å². The van der Waals surface area contributed by atoms with Gasteiger partial charge >= 0.3 is 6.01 Å². The van der Waals surface area contributed by atoms with Gasteiger partial charge in [-0.3, -0.25) is 4.98 Å². The second kappa shape index (κ2) is 6.53. The van der Waals surface area contributed by atoms with Gasteiger partial charge in [-0.25, -0.2) is 9.97 Å². The van der Waals surface area contributed by atoms with Gasteiger partial charge in [-0.15, -0.1) is 0 Å². The predicted molar refractivity (Wildman–Crippen MR) is 98.1 cm³/mol. The van der Waals surface area contributed by atoms with E-state index >= 15 is 0 Å². The van der Waals surface area contributed by atoms with Crippen molar-refractivity contribution in [2.75, 3.05) is 12.4 Å². The molecule has 4 rings (SSSR count). The van der Waals surface area contributed by atoms with E-state index in [2.05, 4.69) is 31.3 Å². The Morgan fingerprint density at radius 2 is 1.96 bits per heavy atom. The molecule has 126 valence electrons. The summed E-state index contributed by atoms with van der Waals surface area (Å²) in [4.78, 5) is 15.6. The van der Waals surface area contributed by atoms with Gasteiger partial charge < -0.3 is 15.0 Å². The fourth-order valence-corrected chi connectivity index (χ4v) is 2.73. The van der Waals surface area contributed by atoms with Gasteiger partial charge in [0.05, 0.1) is 18.4 Å². The minimum Gasteiger partial charge on any atom is -0.467 e. The zero-order chi connectivity index (χ0) is 17.9. The Morgan fingerprint density at radius 3 is 2.73 bits per heavy atom. The summed E-state index contributed by atoms with van der Waals surface area (Å²) in [6, 6.07) is 10.4. The summed E-state index contributed by atoms with van der Waals surface area (Å²) in [5.74, 6) is 0. The molecule has 2 N–H and O–H groups in total. The molecule has 0 aliphatic rings. The Morgan fingerprint density at radius 1 is 1.12 bits per heavy atom. The van der Waals surface area contributed by atoms with Gasteiger partial charge in [-0.05, 0) is 24.3 Å². The molecular weight excluding hydrogens is 328 g/mol. The van der Waals surface area contributed by atoms with Crippen molar-refractivity contribution in [1.29, 1.82) is 5.26 Å². The molecule has 0 aliphatic heterocycles. The number of H-pyrrole nitrogens is 1. The smallest absolute Gasteiger partial charge is 0.316 e. The molecule has 26 heavy (non-hydrogen) atoms. The van der Waals surface area contributed by atoms with E-state index in [-0.39, 0.29) is 6.01 Å². The SMILES string of the molecule is COc1ncc(-c2cncc(C#N)c2Nc2ccc3[nH]ccc3c2)cn1. The van der Waals surface area contributed by atoms with Gasteiger partial charge in [-0.1, -0.05) is 0 Å². The second-order valence-corrected chi connectivity index (χ2v) is 5.58. The second-order valence-electron chi connectivity index (χ2n) is 5.58. The number of hydrogen-bond donors (Lipinski definition) is 2. The molecule has 0 fully saturated rings. The van der Waals surface area contributed by atoms with Gasteiger partial charge in [0.25, 0.3) is 0 Å². The van der Waals surface area contributed by atoms with Crippen LogP contribution in [0.3, 0.4) is 0 Å². The molecule has 0 saturated heterocycles. The van der Waals surface area contributed by atoms with Crippen molar-refractivity contribution < 1.29 is 4.74 Å². The summed E-state index contributed by atoms with van der Waals surface area (Å²) < 4.78 is 5.00. The highest BCUT2D eigenvalue weighted by atomic mass is 16.5. The van der Waals surface area contributed by atoms with Crippen LogP contribution in [0.15, 0.2) is 55.2 Å². The van der Waals surface area contributed by atoms with Gasteiger partial charge in [0.1, 0.15) is 6.07 Å². The van der Waals surface area contributed by atoms with Gasteiger partial charge in [-0.2, -0.15) is 5.26 Å². The van der Waals surface area contributed by atoms with E-state index in [9.17, 15) is 5.26 Å². The third-order valence-corrected chi connectivity index (χ3v) is 4.01. The molecule has 0 spiro atoms. The fraction of sp³-hybridized carbons (Fsp3) is 0.0526. The van der Waals surface area contributed by atoms with E-state index in [1.54, 1.807) is 18.6 Å². The number of aromatic amines is 1. The summed E-state index contributed by atoms with van der Waals surface area (Å²) in [5.41, 5.74) is 4.49. The van der Waals surface area contributed by atoms with Crippen molar-refractivity contribution in [1.82, 2.24) is 19.9 Å². The molecule has 0 atom stereocenters. The first-order valence-corrected chi connectivity index (χ1v) is 7.87. The number of rotatable bonds is 4. The van der Waals surface area contributed by atoms with Crippen molar-refractivity contribution in [2.45, 2.75) is 0 Å². The van der Waals surface area contributed by atoms with Crippen molar-refractivity contribution in [3.63, 3.8) is 0 Å². The van der Waals surface area contributed by atoms with Crippen LogP contribution < -0.4 is 10.1 Å². The minimum atomic E-state index is 0.283. The highest BCUT2D eigenvalue weighted by Gasteiger charge is 2.13. The van der Waals surface area contributed by atoms with Gasteiger partial charge in [0, 0.05) is 58.7 Å². The number of benzene rings is 1. The van der Waals surface area contributed by atoms with E-state index in [0.717, 1.165) is 27.7 Å². The number of aromatic nitrogens is 4. The van der Waals surface area contributed by atoms with Crippen LogP contribution in [0, 0.1) is 11.3 Å². The number of hydrogen-bond acceptors (Lipinski definition) is 6. The largest absolute Gasteiger partial charge is 0.467 e. The van der Waals surface area contributed by atoms with Crippen LogP contribution in [0.2, 0.25) is 0 Å². The molecule has 0 aliphatic carbocycles. The number of anilines is 2. The fourth-order valence-electron chi connectivity index (χ4n) is 2.73. The third-order valence-electron chi connectivity index (χ3n) is 4.01. The Labute approximate surface area is 149 Å². The zero-order valence-corrected chi connectivity index (χ0v) is 13.9. The van der Waals surface area contributed by atoms with Crippen LogP contribution in [-0.2, 0) is 0 Å². The number of fused-ring (bicyclic) bond motifs is 1. The Hall–Kier alpha value is -3.92. The Bertz CT molecular complexity index is 1110. The third kappa shape index (κ3) is 2.80. The molecule has 0 bridgehead atoms. The standard InChI is InChI=1S/C19H14N6O/c1-26-19-23-9-14(10-24-19)16-11-21-8-13(7-20)18(16)25-15-2-3-17-12(6-15)4-5-22-17/h2-6,8-11,22H,1H3,(H,21,25). The lowest BCUT2D eigenvalue weighted by Gasteiger charge is -2.13. The van der Waals surface area contributed by atoms with Crippen molar-refractivity contribution in [2.24, 2.45) is 0 Å². The summed E-state index contributed by atoms with van der Waals surface area (Å²) in [6.45, 7) is 0. The van der Waals surface area contributed by atoms with E-state index in [1.807, 2.05) is 30.5 Å². The monoisotopic (exact) mass is 342 g/mol. The summed E-state index contributed by atoms with van der Waals surface area (Å²) in [5, 5.41) is 13.9.